The summed E-state index contributed by atoms with van der Waals surface area (Å²) in [5.41, 5.74) is 2.45. The molecule has 2 nitrogen and oxygen atoms in total. The average molecular weight is 216 g/mol. The lowest BCUT2D eigenvalue weighted by atomic mass is 10.1. The van der Waals surface area contributed by atoms with Crippen molar-refractivity contribution in [3.05, 3.63) is 36.0 Å². The number of aliphatic imine (C=N–C) groups is 1. The van der Waals surface area contributed by atoms with Crippen LogP contribution in [0.15, 0.2) is 35.5 Å². The van der Waals surface area contributed by atoms with Crippen molar-refractivity contribution in [3.8, 4) is 0 Å². The van der Waals surface area contributed by atoms with Gasteiger partial charge in [0.2, 0.25) is 0 Å². The minimum atomic E-state index is 0.623. The number of aromatic amines is 1. The molecule has 15 heavy (non-hydrogen) atoms. The van der Waals surface area contributed by atoms with E-state index < -0.39 is 0 Å². The second kappa shape index (κ2) is 4.84. The largest absolute Gasteiger partial charge is 0.361 e. The summed E-state index contributed by atoms with van der Waals surface area (Å²) in [5.74, 6) is 0. The van der Waals surface area contributed by atoms with Crippen molar-refractivity contribution < 1.29 is 0 Å². The molecule has 0 aliphatic carbocycles. The van der Waals surface area contributed by atoms with E-state index >= 15 is 0 Å². The molecule has 0 radical (unpaired) electrons. The fraction of sp³-hybridized carbons (Fsp3) is 0.167. The molecule has 1 N–H and O–H groups in total. The van der Waals surface area contributed by atoms with Crippen LogP contribution in [-0.4, -0.2) is 23.1 Å². The van der Waals surface area contributed by atoms with E-state index in [0.29, 0.717) is 6.54 Å². The van der Waals surface area contributed by atoms with Crippen molar-refractivity contribution >= 4 is 34.7 Å². The average Bonchev–Trinajstić information content (AvgIpc) is 2.68. The minimum absolute atomic E-state index is 0.623. The third-order valence-electron chi connectivity index (χ3n) is 2.30. The van der Waals surface area contributed by atoms with Gasteiger partial charge >= 0.3 is 0 Å². The fourth-order valence-corrected chi connectivity index (χ4v) is 1.67. The standard InChI is InChI=1S/C12H12N2S/c15-8-7-13-6-5-10-9-14-12-4-2-1-3-11(10)12/h1-4,6,8-9,14H,5,7H2. The Morgan fingerprint density at radius 3 is 3.07 bits per heavy atom. The van der Waals surface area contributed by atoms with Crippen LogP contribution in [0.5, 0.6) is 0 Å². The molecule has 0 amide bonds. The topological polar surface area (TPSA) is 28.1 Å². The molecule has 0 saturated carbocycles. The maximum atomic E-state index is 4.70. The molecule has 0 saturated heterocycles. The van der Waals surface area contributed by atoms with E-state index in [2.05, 4.69) is 22.1 Å². The number of nitrogens with one attached hydrogen (secondary N) is 1. The van der Waals surface area contributed by atoms with Gasteiger partial charge in [0.1, 0.15) is 0 Å². The molecule has 1 aromatic heterocycles. The zero-order valence-corrected chi connectivity index (χ0v) is 9.13. The fourth-order valence-electron chi connectivity index (χ4n) is 1.58. The van der Waals surface area contributed by atoms with E-state index in [1.165, 1.54) is 16.5 Å². The van der Waals surface area contributed by atoms with Gasteiger partial charge in [0.15, 0.2) is 0 Å². The molecule has 0 unspecified atom stereocenters. The highest BCUT2D eigenvalue weighted by atomic mass is 32.1. The lowest BCUT2D eigenvalue weighted by molar-refractivity contribution is 1.29. The van der Waals surface area contributed by atoms with Gasteiger partial charge in [-0.05, 0) is 11.6 Å². The Labute approximate surface area is 94.0 Å². The first-order chi connectivity index (χ1) is 7.42. The van der Waals surface area contributed by atoms with E-state index in [9.17, 15) is 0 Å². The first-order valence-electron chi connectivity index (χ1n) is 4.88. The summed E-state index contributed by atoms with van der Waals surface area (Å²) in [6.07, 6.45) is 4.81. The number of thiocarbonyl (C=S) groups is 1. The number of nitrogens with zero attached hydrogens (tertiary/aromatic N) is 1. The van der Waals surface area contributed by atoms with Crippen molar-refractivity contribution in [2.24, 2.45) is 4.99 Å². The van der Waals surface area contributed by atoms with Gasteiger partial charge in [-0.15, -0.1) is 0 Å². The minimum Gasteiger partial charge on any atom is -0.361 e. The van der Waals surface area contributed by atoms with Gasteiger partial charge in [-0.25, -0.2) is 0 Å². The van der Waals surface area contributed by atoms with E-state index in [1.54, 1.807) is 5.37 Å². The number of fused-ring (bicyclic) bond motifs is 1. The summed E-state index contributed by atoms with van der Waals surface area (Å²) in [4.78, 5) is 7.41. The highest BCUT2D eigenvalue weighted by Gasteiger charge is 1.99. The van der Waals surface area contributed by atoms with Gasteiger partial charge in [-0.1, -0.05) is 30.4 Å². The molecule has 0 bridgehead atoms. The van der Waals surface area contributed by atoms with Crippen LogP contribution in [0.1, 0.15) is 5.56 Å². The van der Waals surface area contributed by atoms with Crippen molar-refractivity contribution in [1.82, 2.24) is 4.98 Å². The van der Waals surface area contributed by atoms with Crippen LogP contribution in [0, 0.1) is 0 Å². The van der Waals surface area contributed by atoms with Crippen LogP contribution >= 0.6 is 12.2 Å². The Morgan fingerprint density at radius 1 is 1.33 bits per heavy atom. The maximum Gasteiger partial charge on any atom is 0.0668 e. The predicted molar refractivity (Wildman–Crippen MR) is 69.0 cm³/mol. The van der Waals surface area contributed by atoms with Gasteiger partial charge in [0.25, 0.3) is 0 Å². The van der Waals surface area contributed by atoms with Gasteiger partial charge in [0, 0.05) is 35.1 Å². The highest BCUT2D eigenvalue weighted by Crippen LogP contribution is 2.17. The molecule has 3 heteroatoms. The number of benzene rings is 1. The van der Waals surface area contributed by atoms with Crippen molar-refractivity contribution in [3.63, 3.8) is 0 Å². The number of H-pyrrole nitrogens is 1. The van der Waals surface area contributed by atoms with E-state index in [1.807, 2.05) is 24.5 Å². The molecular weight excluding hydrogens is 204 g/mol. The number of hydrogen-bond acceptors (Lipinski definition) is 2. The Bertz CT molecular complexity index is 485. The van der Waals surface area contributed by atoms with Crippen molar-refractivity contribution in [2.45, 2.75) is 6.42 Å². The third kappa shape index (κ3) is 2.30. The molecule has 0 fully saturated rings. The molecule has 0 aliphatic heterocycles. The molecule has 76 valence electrons. The molecule has 2 aromatic rings. The zero-order valence-electron chi connectivity index (χ0n) is 8.31. The Morgan fingerprint density at radius 2 is 2.20 bits per heavy atom. The van der Waals surface area contributed by atoms with Crippen LogP contribution < -0.4 is 0 Å². The van der Waals surface area contributed by atoms with Crippen LogP contribution in [0.3, 0.4) is 0 Å². The van der Waals surface area contributed by atoms with Gasteiger partial charge < -0.3 is 4.98 Å². The van der Waals surface area contributed by atoms with Crippen LogP contribution in [-0.2, 0) is 6.42 Å². The van der Waals surface area contributed by atoms with Gasteiger partial charge in [0.05, 0.1) is 6.54 Å². The lowest BCUT2D eigenvalue weighted by Crippen LogP contribution is -1.86. The maximum absolute atomic E-state index is 4.70. The van der Waals surface area contributed by atoms with E-state index in [0.717, 1.165) is 6.42 Å². The summed E-state index contributed by atoms with van der Waals surface area (Å²) in [5, 5.41) is 2.90. The van der Waals surface area contributed by atoms with E-state index in [4.69, 9.17) is 12.2 Å². The normalized spacial score (nSPS) is 11.2. The Balaban J connectivity index is 2.18. The molecule has 0 aliphatic rings. The molecule has 2 rings (SSSR count). The van der Waals surface area contributed by atoms with Gasteiger partial charge in [-0.3, -0.25) is 4.99 Å². The summed E-state index contributed by atoms with van der Waals surface area (Å²) in [6, 6.07) is 8.28. The molecule has 1 heterocycles. The quantitative estimate of drug-likeness (QED) is 0.617. The predicted octanol–water partition coefficient (Wildman–Crippen LogP) is 2.78. The van der Waals surface area contributed by atoms with Crippen LogP contribution in [0.25, 0.3) is 10.9 Å². The van der Waals surface area contributed by atoms with Gasteiger partial charge in [-0.2, -0.15) is 0 Å². The van der Waals surface area contributed by atoms with Crippen LogP contribution in [0.2, 0.25) is 0 Å². The zero-order chi connectivity index (χ0) is 10.5. The molecule has 1 aromatic carbocycles. The number of rotatable bonds is 4. The Hall–Kier alpha value is -1.48. The molecule has 0 spiro atoms. The molecule has 0 atom stereocenters. The molecular formula is C12H12N2S. The Kier molecular flexibility index (Phi) is 3.25. The first-order valence-corrected chi connectivity index (χ1v) is 5.36. The second-order valence-corrected chi connectivity index (χ2v) is 3.61. The number of para-hydroxylation sites is 1. The highest BCUT2D eigenvalue weighted by molar-refractivity contribution is 7.79. The third-order valence-corrected chi connectivity index (χ3v) is 2.44. The monoisotopic (exact) mass is 216 g/mol. The SMILES string of the molecule is S=CCN=CCc1c[nH]c2ccccc12. The van der Waals surface area contributed by atoms with Crippen molar-refractivity contribution in [2.75, 3.05) is 6.54 Å². The lowest BCUT2D eigenvalue weighted by Gasteiger charge is -1.92. The summed E-state index contributed by atoms with van der Waals surface area (Å²) in [6.45, 7) is 0.623. The second-order valence-electron chi connectivity index (χ2n) is 3.28. The first kappa shape index (κ1) is 10.1. The van der Waals surface area contributed by atoms with Crippen molar-refractivity contribution in [1.29, 1.82) is 0 Å². The van der Waals surface area contributed by atoms with E-state index in [-0.39, 0.29) is 0 Å². The van der Waals surface area contributed by atoms with Crippen LogP contribution in [0.4, 0.5) is 0 Å². The summed E-state index contributed by atoms with van der Waals surface area (Å²) in [7, 11) is 0. The summed E-state index contributed by atoms with van der Waals surface area (Å²) < 4.78 is 0. The summed E-state index contributed by atoms with van der Waals surface area (Å²) >= 11 is 4.70. The number of aromatic nitrogens is 1. The number of hydrogen-bond donors (Lipinski definition) is 1. The smallest absolute Gasteiger partial charge is 0.0668 e.